The van der Waals surface area contributed by atoms with Crippen LogP contribution in [0.5, 0.6) is 0 Å². The first-order valence-corrected chi connectivity index (χ1v) is 8.81. The second-order valence-corrected chi connectivity index (χ2v) is 6.61. The van der Waals surface area contributed by atoms with E-state index in [2.05, 4.69) is 15.1 Å². The standard InChI is InChI=1S/C17H21FN6O2/c18-13-7-19-17(20-8-13)23-9-14-3-4-21-24(14)11-15(10-23)26-12-16(25)22-5-1-2-6-22/h3-4,7-8,15H,1-2,5-6,9-12H2/t15-/m0/s1. The van der Waals surface area contributed by atoms with Crippen LogP contribution >= 0.6 is 0 Å². The van der Waals surface area contributed by atoms with E-state index in [1.165, 1.54) is 0 Å². The number of ether oxygens (including phenoxy) is 1. The molecule has 1 atom stereocenters. The molecule has 8 nitrogen and oxygen atoms in total. The Balaban J connectivity index is 1.47. The van der Waals surface area contributed by atoms with Gasteiger partial charge in [0.1, 0.15) is 6.61 Å². The lowest BCUT2D eigenvalue weighted by Crippen LogP contribution is -2.38. The number of nitrogens with zero attached hydrogens (tertiary/aromatic N) is 6. The number of hydrogen-bond acceptors (Lipinski definition) is 6. The number of aromatic nitrogens is 4. The van der Waals surface area contributed by atoms with Crippen molar-refractivity contribution in [3.63, 3.8) is 0 Å². The molecule has 26 heavy (non-hydrogen) atoms. The molecule has 138 valence electrons. The van der Waals surface area contributed by atoms with Crippen LogP contribution in [-0.4, -0.2) is 62.9 Å². The van der Waals surface area contributed by atoms with Crippen molar-refractivity contribution in [2.75, 3.05) is 31.1 Å². The number of carbonyl (C=O) groups is 1. The minimum atomic E-state index is -0.474. The van der Waals surface area contributed by atoms with Gasteiger partial charge in [-0.1, -0.05) is 0 Å². The molecule has 2 aromatic rings. The first kappa shape index (κ1) is 16.9. The van der Waals surface area contributed by atoms with E-state index >= 15 is 0 Å². The van der Waals surface area contributed by atoms with Gasteiger partial charge in [0.2, 0.25) is 11.9 Å². The Hall–Kier alpha value is -2.55. The van der Waals surface area contributed by atoms with Crippen molar-refractivity contribution in [1.82, 2.24) is 24.6 Å². The van der Waals surface area contributed by atoms with Crippen LogP contribution < -0.4 is 4.90 Å². The molecule has 2 aliphatic heterocycles. The van der Waals surface area contributed by atoms with Crippen LogP contribution in [-0.2, 0) is 22.6 Å². The summed E-state index contributed by atoms with van der Waals surface area (Å²) in [6.45, 7) is 3.28. The highest BCUT2D eigenvalue weighted by Gasteiger charge is 2.26. The van der Waals surface area contributed by atoms with Gasteiger partial charge in [-0.05, 0) is 18.9 Å². The van der Waals surface area contributed by atoms with E-state index in [9.17, 15) is 9.18 Å². The minimum absolute atomic E-state index is 0.0250. The molecule has 1 amide bonds. The van der Waals surface area contributed by atoms with Gasteiger partial charge in [0.05, 0.1) is 37.3 Å². The molecule has 4 heterocycles. The van der Waals surface area contributed by atoms with Crippen molar-refractivity contribution in [3.8, 4) is 0 Å². The van der Waals surface area contributed by atoms with Gasteiger partial charge in [0, 0.05) is 25.8 Å². The fourth-order valence-electron chi connectivity index (χ4n) is 3.39. The zero-order valence-corrected chi connectivity index (χ0v) is 14.4. The van der Waals surface area contributed by atoms with E-state index in [0.717, 1.165) is 44.0 Å². The third-order valence-electron chi connectivity index (χ3n) is 4.75. The van der Waals surface area contributed by atoms with E-state index in [1.54, 1.807) is 6.20 Å². The number of anilines is 1. The van der Waals surface area contributed by atoms with Crippen LogP contribution in [0.15, 0.2) is 24.7 Å². The normalized spacial score (nSPS) is 20.1. The highest BCUT2D eigenvalue weighted by Crippen LogP contribution is 2.18. The number of halogens is 1. The number of amides is 1. The lowest BCUT2D eigenvalue weighted by Gasteiger charge is -2.24. The number of rotatable bonds is 4. The van der Waals surface area contributed by atoms with Gasteiger partial charge in [-0.2, -0.15) is 5.10 Å². The molecule has 0 radical (unpaired) electrons. The molecule has 0 aliphatic carbocycles. The Kier molecular flexibility index (Phi) is 4.79. The molecule has 0 unspecified atom stereocenters. The van der Waals surface area contributed by atoms with Crippen LogP contribution in [0, 0.1) is 5.82 Å². The van der Waals surface area contributed by atoms with Crippen LogP contribution in [0.3, 0.4) is 0 Å². The third kappa shape index (κ3) is 3.67. The smallest absolute Gasteiger partial charge is 0.248 e. The average Bonchev–Trinajstić information content (AvgIpc) is 3.29. The SMILES string of the molecule is O=C(CO[C@H]1CN(c2ncc(F)cn2)Cc2ccnn2C1)N1CCCC1. The van der Waals surface area contributed by atoms with Gasteiger partial charge >= 0.3 is 0 Å². The molecule has 4 rings (SSSR count). The fourth-order valence-corrected chi connectivity index (χ4v) is 3.39. The summed E-state index contributed by atoms with van der Waals surface area (Å²) in [4.78, 5) is 24.2. The molecule has 1 saturated heterocycles. The van der Waals surface area contributed by atoms with Gasteiger partial charge in [-0.25, -0.2) is 14.4 Å². The molecule has 2 aliphatic rings. The molecule has 0 aromatic carbocycles. The largest absolute Gasteiger partial charge is 0.365 e. The Morgan fingerprint density at radius 3 is 2.77 bits per heavy atom. The van der Waals surface area contributed by atoms with Crippen LogP contribution in [0.4, 0.5) is 10.3 Å². The summed E-state index contributed by atoms with van der Waals surface area (Å²) in [6.07, 6.45) is 5.91. The highest BCUT2D eigenvalue weighted by atomic mass is 19.1. The molecule has 9 heteroatoms. The predicted octanol–water partition coefficient (Wildman–Crippen LogP) is 0.840. The summed E-state index contributed by atoms with van der Waals surface area (Å²) in [5.41, 5.74) is 0.995. The summed E-state index contributed by atoms with van der Waals surface area (Å²) in [5.74, 6) is -0.0184. The quantitative estimate of drug-likeness (QED) is 0.804. The van der Waals surface area contributed by atoms with Gasteiger partial charge in [-0.15, -0.1) is 0 Å². The van der Waals surface area contributed by atoms with Crippen molar-refractivity contribution in [2.24, 2.45) is 0 Å². The first-order valence-electron chi connectivity index (χ1n) is 8.81. The second-order valence-electron chi connectivity index (χ2n) is 6.61. The van der Waals surface area contributed by atoms with Crippen molar-refractivity contribution >= 4 is 11.9 Å². The van der Waals surface area contributed by atoms with Crippen LogP contribution in [0.1, 0.15) is 18.5 Å². The summed E-state index contributed by atoms with van der Waals surface area (Å²) < 4.78 is 20.9. The van der Waals surface area contributed by atoms with Crippen molar-refractivity contribution in [2.45, 2.75) is 32.0 Å². The van der Waals surface area contributed by atoms with Gasteiger partial charge in [0.25, 0.3) is 0 Å². The summed E-state index contributed by atoms with van der Waals surface area (Å²) >= 11 is 0. The predicted molar refractivity (Wildman–Crippen MR) is 90.8 cm³/mol. The molecule has 0 spiro atoms. The van der Waals surface area contributed by atoms with E-state index < -0.39 is 5.82 Å². The van der Waals surface area contributed by atoms with Crippen LogP contribution in [0.2, 0.25) is 0 Å². The number of carbonyl (C=O) groups excluding carboxylic acids is 1. The van der Waals surface area contributed by atoms with Gasteiger partial charge in [0.15, 0.2) is 5.82 Å². The number of likely N-dealkylation sites (tertiary alicyclic amines) is 1. The average molecular weight is 360 g/mol. The number of hydrogen-bond donors (Lipinski definition) is 0. The Bertz CT molecular complexity index is 759. The third-order valence-corrected chi connectivity index (χ3v) is 4.75. The minimum Gasteiger partial charge on any atom is -0.365 e. The Morgan fingerprint density at radius 2 is 2.00 bits per heavy atom. The lowest BCUT2D eigenvalue weighted by atomic mass is 10.3. The van der Waals surface area contributed by atoms with E-state index in [4.69, 9.17) is 4.74 Å². The zero-order valence-electron chi connectivity index (χ0n) is 14.4. The van der Waals surface area contributed by atoms with Crippen molar-refractivity contribution < 1.29 is 13.9 Å². The molecule has 0 N–H and O–H groups in total. The van der Waals surface area contributed by atoms with E-state index in [-0.39, 0.29) is 18.6 Å². The highest BCUT2D eigenvalue weighted by molar-refractivity contribution is 5.77. The molecule has 1 fully saturated rings. The molecular weight excluding hydrogens is 339 g/mol. The molecule has 0 saturated carbocycles. The topological polar surface area (TPSA) is 76.4 Å². The molecule has 0 bridgehead atoms. The molecular formula is C17H21FN6O2. The zero-order chi connectivity index (χ0) is 17.9. The van der Waals surface area contributed by atoms with Gasteiger partial charge < -0.3 is 14.5 Å². The Labute approximate surface area is 150 Å². The summed E-state index contributed by atoms with van der Waals surface area (Å²) in [7, 11) is 0. The van der Waals surface area contributed by atoms with Gasteiger partial charge in [-0.3, -0.25) is 9.48 Å². The maximum atomic E-state index is 13.1. The number of fused-ring (bicyclic) bond motifs is 1. The summed E-state index contributed by atoms with van der Waals surface area (Å²) in [6, 6.07) is 1.92. The second kappa shape index (κ2) is 7.36. The molecule has 2 aromatic heterocycles. The monoisotopic (exact) mass is 360 g/mol. The van der Waals surface area contributed by atoms with Crippen molar-refractivity contribution in [1.29, 1.82) is 0 Å². The van der Waals surface area contributed by atoms with E-state index in [0.29, 0.717) is 25.6 Å². The summed E-state index contributed by atoms with van der Waals surface area (Å²) in [5, 5.41) is 4.33. The Morgan fingerprint density at radius 1 is 1.23 bits per heavy atom. The van der Waals surface area contributed by atoms with E-state index in [1.807, 2.05) is 20.5 Å². The fraction of sp³-hybridized carbons (Fsp3) is 0.529. The lowest BCUT2D eigenvalue weighted by molar-refractivity contribution is -0.137. The van der Waals surface area contributed by atoms with Crippen LogP contribution in [0.25, 0.3) is 0 Å². The maximum Gasteiger partial charge on any atom is 0.248 e. The first-order chi connectivity index (χ1) is 12.7. The maximum absolute atomic E-state index is 13.1. The van der Waals surface area contributed by atoms with Crippen molar-refractivity contribution in [3.05, 3.63) is 36.2 Å².